The summed E-state index contributed by atoms with van der Waals surface area (Å²) in [5.74, 6) is 2.99. The number of nitrogens with one attached hydrogen (secondary N) is 1. The zero-order valence-corrected chi connectivity index (χ0v) is 23.2. The highest BCUT2D eigenvalue weighted by molar-refractivity contribution is 5.73. The number of rotatable bonds is 11. The van der Waals surface area contributed by atoms with Crippen LogP contribution in [0.4, 0.5) is 23.3 Å². The van der Waals surface area contributed by atoms with Crippen LogP contribution in [0, 0.1) is 6.92 Å². The molecule has 0 amide bonds. The lowest BCUT2D eigenvalue weighted by Crippen LogP contribution is -2.42. The molecule has 1 aromatic carbocycles. The molecule has 210 valence electrons. The SMILES string of the molecule is CCc1nccnc1-c1cc(C2CCN2c2nc(OCCOC)cc(N(c3cccc(C)c3)c3cc[nH]n3)n2)on1. The number of aromatic nitrogens is 7. The topological polar surface area (TPSA) is 131 Å². The van der Waals surface area contributed by atoms with Crippen molar-refractivity contribution in [2.24, 2.45) is 0 Å². The normalized spacial score (nSPS) is 14.6. The summed E-state index contributed by atoms with van der Waals surface area (Å²) < 4.78 is 17.0. The maximum Gasteiger partial charge on any atom is 0.231 e. The number of aromatic amines is 1. The first-order chi connectivity index (χ1) is 20.1. The number of methoxy groups -OCH3 is 1. The first-order valence-electron chi connectivity index (χ1n) is 13.6. The third-order valence-electron chi connectivity index (χ3n) is 6.90. The van der Waals surface area contributed by atoms with Gasteiger partial charge in [0.1, 0.15) is 23.8 Å². The molecule has 12 nitrogen and oxygen atoms in total. The van der Waals surface area contributed by atoms with E-state index in [1.54, 1.807) is 25.7 Å². The molecule has 1 unspecified atom stereocenters. The molecule has 1 atom stereocenters. The Hall–Kier alpha value is -4.84. The second kappa shape index (κ2) is 11.7. The van der Waals surface area contributed by atoms with Gasteiger partial charge in [-0.3, -0.25) is 20.0 Å². The van der Waals surface area contributed by atoms with Crippen molar-refractivity contribution in [3.8, 4) is 17.3 Å². The summed E-state index contributed by atoms with van der Waals surface area (Å²) in [7, 11) is 1.64. The van der Waals surface area contributed by atoms with Gasteiger partial charge < -0.3 is 18.9 Å². The first-order valence-corrected chi connectivity index (χ1v) is 13.6. The maximum atomic E-state index is 5.99. The minimum Gasteiger partial charge on any atom is -0.475 e. The van der Waals surface area contributed by atoms with Crippen molar-refractivity contribution >= 4 is 23.3 Å². The van der Waals surface area contributed by atoms with Gasteiger partial charge in [-0.1, -0.05) is 24.2 Å². The van der Waals surface area contributed by atoms with E-state index in [0.717, 1.165) is 47.8 Å². The summed E-state index contributed by atoms with van der Waals surface area (Å²) in [6.45, 7) is 5.64. The fourth-order valence-corrected chi connectivity index (χ4v) is 4.79. The largest absolute Gasteiger partial charge is 0.475 e. The van der Waals surface area contributed by atoms with Crippen LogP contribution in [0.3, 0.4) is 0 Å². The Morgan fingerprint density at radius 2 is 1.98 bits per heavy atom. The minimum atomic E-state index is -0.0853. The van der Waals surface area contributed by atoms with Crippen LogP contribution in [0.2, 0.25) is 0 Å². The van der Waals surface area contributed by atoms with Crippen molar-refractivity contribution in [2.75, 3.05) is 36.7 Å². The summed E-state index contributed by atoms with van der Waals surface area (Å²) in [5.41, 5.74) is 4.31. The van der Waals surface area contributed by atoms with Gasteiger partial charge in [0.25, 0.3) is 0 Å². The van der Waals surface area contributed by atoms with E-state index in [1.165, 1.54) is 0 Å². The summed E-state index contributed by atoms with van der Waals surface area (Å²) in [6.07, 6.45) is 6.76. The van der Waals surface area contributed by atoms with E-state index in [-0.39, 0.29) is 6.04 Å². The molecule has 0 radical (unpaired) electrons. The van der Waals surface area contributed by atoms with E-state index in [9.17, 15) is 0 Å². The number of hydrogen-bond donors (Lipinski definition) is 1. The highest BCUT2D eigenvalue weighted by Crippen LogP contribution is 2.40. The van der Waals surface area contributed by atoms with Crippen LogP contribution in [0.15, 0.2) is 65.6 Å². The Labute approximate surface area is 237 Å². The van der Waals surface area contributed by atoms with Crippen molar-refractivity contribution in [1.82, 2.24) is 35.3 Å². The minimum absolute atomic E-state index is 0.0853. The maximum absolute atomic E-state index is 5.99. The number of aryl methyl sites for hydroxylation is 2. The van der Waals surface area contributed by atoms with E-state index in [1.807, 2.05) is 42.2 Å². The van der Waals surface area contributed by atoms with Gasteiger partial charge >= 0.3 is 0 Å². The molecular weight excluding hydrogens is 522 g/mol. The standard InChI is InChI=1S/C29H31N9O3/c1-4-21-28(31-12-11-30-21)22-17-24(41-36-22)23-9-13-37(23)29-33-26(18-27(34-29)40-15-14-39-3)38(25-8-10-32-35-25)20-7-5-6-19(2)16-20/h5-8,10-12,16-18,23H,4,9,13-15H2,1-3H3,(H,32,35). The zero-order chi connectivity index (χ0) is 28.2. The number of hydrogen-bond acceptors (Lipinski definition) is 11. The summed E-state index contributed by atoms with van der Waals surface area (Å²) >= 11 is 0. The molecule has 5 aromatic rings. The number of anilines is 4. The number of benzene rings is 1. The lowest BCUT2D eigenvalue weighted by Gasteiger charge is -2.39. The summed E-state index contributed by atoms with van der Waals surface area (Å²) in [4.78, 5) is 22.8. The van der Waals surface area contributed by atoms with Gasteiger partial charge in [0.15, 0.2) is 11.6 Å². The van der Waals surface area contributed by atoms with Crippen LogP contribution in [-0.2, 0) is 11.2 Å². The van der Waals surface area contributed by atoms with Crippen molar-refractivity contribution in [3.05, 3.63) is 78.1 Å². The third-order valence-corrected chi connectivity index (χ3v) is 6.90. The predicted molar refractivity (Wildman–Crippen MR) is 153 cm³/mol. The Bertz CT molecular complexity index is 1600. The smallest absolute Gasteiger partial charge is 0.231 e. The fraction of sp³-hybridized carbons (Fsp3) is 0.310. The Balaban J connectivity index is 1.36. The van der Waals surface area contributed by atoms with E-state index >= 15 is 0 Å². The molecule has 0 bridgehead atoms. The van der Waals surface area contributed by atoms with Crippen molar-refractivity contribution in [1.29, 1.82) is 0 Å². The molecule has 0 saturated carbocycles. The lowest BCUT2D eigenvalue weighted by molar-refractivity contribution is 0.143. The molecule has 0 aliphatic carbocycles. The van der Waals surface area contributed by atoms with Crippen molar-refractivity contribution in [2.45, 2.75) is 32.7 Å². The Morgan fingerprint density at radius 1 is 1.07 bits per heavy atom. The molecule has 5 heterocycles. The van der Waals surface area contributed by atoms with Gasteiger partial charge in [0.05, 0.1) is 18.3 Å². The van der Waals surface area contributed by atoms with Gasteiger partial charge in [-0.2, -0.15) is 15.1 Å². The zero-order valence-electron chi connectivity index (χ0n) is 23.2. The first kappa shape index (κ1) is 26.4. The molecule has 1 aliphatic heterocycles. The van der Waals surface area contributed by atoms with Gasteiger partial charge in [0, 0.05) is 56.1 Å². The molecule has 0 spiro atoms. The monoisotopic (exact) mass is 553 g/mol. The molecule has 1 N–H and O–H groups in total. The van der Waals surface area contributed by atoms with E-state index < -0.39 is 0 Å². The molecule has 6 rings (SSSR count). The van der Waals surface area contributed by atoms with E-state index in [4.69, 9.17) is 24.0 Å². The predicted octanol–water partition coefficient (Wildman–Crippen LogP) is 4.96. The second-order valence-corrected chi connectivity index (χ2v) is 9.63. The number of ether oxygens (including phenoxy) is 2. The molecule has 1 fully saturated rings. The molecule has 41 heavy (non-hydrogen) atoms. The molecule has 1 saturated heterocycles. The van der Waals surface area contributed by atoms with E-state index in [2.05, 4.69) is 49.3 Å². The summed E-state index contributed by atoms with van der Waals surface area (Å²) in [6, 6.07) is 13.7. The molecular formula is C29H31N9O3. The molecule has 1 aliphatic rings. The van der Waals surface area contributed by atoms with Crippen LogP contribution in [0.25, 0.3) is 11.4 Å². The number of nitrogens with zero attached hydrogens (tertiary/aromatic N) is 8. The summed E-state index contributed by atoms with van der Waals surface area (Å²) in [5, 5.41) is 11.7. The third kappa shape index (κ3) is 5.46. The van der Waals surface area contributed by atoms with Gasteiger partial charge in [-0.05, 0) is 37.5 Å². The van der Waals surface area contributed by atoms with Crippen LogP contribution in [-0.4, -0.2) is 62.2 Å². The molecule has 12 heteroatoms. The molecule has 4 aromatic heterocycles. The Morgan fingerprint density at radius 3 is 2.73 bits per heavy atom. The van der Waals surface area contributed by atoms with Gasteiger partial charge in [0.2, 0.25) is 11.8 Å². The van der Waals surface area contributed by atoms with Gasteiger partial charge in [-0.15, -0.1) is 0 Å². The lowest BCUT2D eigenvalue weighted by atomic mass is 10.0. The quantitative estimate of drug-likeness (QED) is 0.223. The van der Waals surface area contributed by atoms with Crippen molar-refractivity contribution < 1.29 is 14.0 Å². The average Bonchev–Trinajstić information content (AvgIpc) is 3.66. The highest BCUT2D eigenvalue weighted by Gasteiger charge is 2.36. The van der Waals surface area contributed by atoms with Crippen LogP contribution in [0.5, 0.6) is 5.88 Å². The van der Waals surface area contributed by atoms with Crippen LogP contribution < -0.4 is 14.5 Å². The highest BCUT2D eigenvalue weighted by atomic mass is 16.5. The van der Waals surface area contributed by atoms with Crippen molar-refractivity contribution in [3.63, 3.8) is 0 Å². The van der Waals surface area contributed by atoms with Gasteiger partial charge in [-0.25, -0.2) is 0 Å². The average molecular weight is 554 g/mol. The fourth-order valence-electron chi connectivity index (χ4n) is 4.79. The van der Waals surface area contributed by atoms with Crippen LogP contribution >= 0.6 is 0 Å². The van der Waals surface area contributed by atoms with Crippen LogP contribution in [0.1, 0.15) is 36.4 Å². The van der Waals surface area contributed by atoms with E-state index in [0.29, 0.717) is 42.4 Å². The Kier molecular flexibility index (Phi) is 7.54. The number of H-pyrrole nitrogens is 1. The second-order valence-electron chi connectivity index (χ2n) is 9.63.